The third kappa shape index (κ3) is 4.26. The Morgan fingerprint density at radius 1 is 0.739 bits per heavy atom. The lowest BCUT2D eigenvalue weighted by atomic mass is 10.3. The molecule has 0 unspecified atom stereocenters. The van der Waals surface area contributed by atoms with Crippen molar-refractivity contribution in [2.75, 3.05) is 10.6 Å². The Morgan fingerprint density at radius 2 is 1.48 bits per heavy atom. The van der Waals surface area contributed by atoms with Crippen LogP contribution in [-0.2, 0) is 0 Å². The van der Waals surface area contributed by atoms with Crippen LogP contribution in [-0.4, -0.2) is 9.97 Å². The highest BCUT2D eigenvalue weighted by Gasteiger charge is 2.03. The molecule has 2 N–H and O–H groups in total. The van der Waals surface area contributed by atoms with E-state index in [0.29, 0.717) is 26.8 Å². The molecule has 0 saturated heterocycles. The van der Waals surface area contributed by atoms with Crippen LogP contribution in [0.4, 0.5) is 23.1 Å². The fraction of sp³-hybridized carbons (Fsp3) is 0. The van der Waals surface area contributed by atoms with E-state index in [1.165, 1.54) is 0 Å². The van der Waals surface area contributed by atoms with E-state index in [4.69, 9.17) is 34.8 Å². The minimum atomic E-state index is 0.470. The van der Waals surface area contributed by atoms with Crippen LogP contribution in [0.1, 0.15) is 0 Å². The van der Waals surface area contributed by atoms with Gasteiger partial charge in [0, 0.05) is 22.6 Å². The van der Waals surface area contributed by atoms with E-state index in [1.54, 1.807) is 36.5 Å². The van der Waals surface area contributed by atoms with Gasteiger partial charge in [-0.2, -0.15) is 4.98 Å². The van der Waals surface area contributed by atoms with Gasteiger partial charge in [-0.1, -0.05) is 34.8 Å². The first-order valence-corrected chi connectivity index (χ1v) is 7.81. The van der Waals surface area contributed by atoms with Gasteiger partial charge in [0.05, 0.1) is 10.0 Å². The molecule has 1 heterocycles. The van der Waals surface area contributed by atoms with Gasteiger partial charge in [0.2, 0.25) is 5.95 Å². The summed E-state index contributed by atoms with van der Waals surface area (Å²) in [7, 11) is 0. The summed E-state index contributed by atoms with van der Waals surface area (Å²) in [6.07, 6.45) is 1.66. The summed E-state index contributed by atoms with van der Waals surface area (Å²) < 4.78 is 0. The molecule has 0 aliphatic rings. The van der Waals surface area contributed by atoms with Crippen LogP contribution in [0.25, 0.3) is 0 Å². The molecule has 0 atom stereocenters. The Kier molecular flexibility index (Phi) is 4.86. The predicted molar refractivity (Wildman–Crippen MR) is 96.5 cm³/mol. The van der Waals surface area contributed by atoms with E-state index in [2.05, 4.69) is 20.6 Å². The number of halogens is 3. The molecule has 1 aromatic heterocycles. The SMILES string of the molecule is Clc1ccc(Nc2nccc(Nc3ccc(Cl)c(Cl)c3)n2)cc1. The quantitative estimate of drug-likeness (QED) is 0.602. The van der Waals surface area contributed by atoms with Gasteiger partial charge in [0.1, 0.15) is 5.82 Å². The monoisotopic (exact) mass is 364 g/mol. The number of aromatic nitrogens is 2. The van der Waals surface area contributed by atoms with Crippen LogP contribution < -0.4 is 10.6 Å². The van der Waals surface area contributed by atoms with Gasteiger partial charge in [-0.3, -0.25) is 0 Å². The van der Waals surface area contributed by atoms with Gasteiger partial charge in [-0.25, -0.2) is 4.98 Å². The number of nitrogens with zero attached hydrogens (tertiary/aromatic N) is 2. The van der Waals surface area contributed by atoms with E-state index >= 15 is 0 Å². The summed E-state index contributed by atoms with van der Waals surface area (Å²) >= 11 is 17.8. The molecule has 0 aliphatic heterocycles. The number of benzene rings is 2. The van der Waals surface area contributed by atoms with Crippen molar-refractivity contribution in [1.29, 1.82) is 0 Å². The molecule has 0 aliphatic carbocycles. The molecule has 0 fully saturated rings. The lowest BCUT2D eigenvalue weighted by Crippen LogP contribution is -2.00. The highest BCUT2D eigenvalue weighted by Crippen LogP contribution is 2.26. The first kappa shape index (κ1) is 15.9. The summed E-state index contributed by atoms with van der Waals surface area (Å²) in [6.45, 7) is 0. The average Bonchev–Trinajstić information content (AvgIpc) is 2.54. The maximum Gasteiger partial charge on any atom is 0.229 e. The van der Waals surface area contributed by atoms with Crippen molar-refractivity contribution >= 4 is 57.9 Å². The Labute approximate surface area is 148 Å². The molecule has 116 valence electrons. The van der Waals surface area contributed by atoms with E-state index in [-0.39, 0.29) is 0 Å². The first-order chi connectivity index (χ1) is 11.1. The van der Waals surface area contributed by atoms with Crippen LogP contribution in [0.5, 0.6) is 0 Å². The summed E-state index contributed by atoms with van der Waals surface area (Å²) in [6, 6.07) is 14.3. The van der Waals surface area contributed by atoms with Crippen molar-refractivity contribution in [2.24, 2.45) is 0 Å². The fourth-order valence-electron chi connectivity index (χ4n) is 1.87. The normalized spacial score (nSPS) is 10.4. The smallest absolute Gasteiger partial charge is 0.229 e. The second kappa shape index (κ2) is 7.04. The Morgan fingerprint density at radius 3 is 2.22 bits per heavy atom. The molecule has 3 rings (SSSR count). The van der Waals surface area contributed by atoms with Crippen LogP contribution in [0.2, 0.25) is 15.1 Å². The van der Waals surface area contributed by atoms with E-state index < -0.39 is 0 Å². The number of hydrogen-bond donors (Lipinski definition) is 2. The average molecular weight is 366 g/mol. The molecule has 0 radical (unpaired) electrons. The molecule has 0 amide bonds. The van der Waals surface area contributed by atoms with Crippen LogP contribution in [0, 0.1) is 0 Å². The van der Waals surface area contributed by atoms with Gasteiger partial charge in [-0.05, 0) is 48.5 Å². The van der Waals surface area contributed by atoms with Gasteiger partial charge in [-0.15, -0.1) is 0 Å². The van der Waals surface area contributed by atoms with Crippen LogP contribution in [0.15, 0.2) is 54.7 Å². The zero-order valence-corrected chi connectivity index (χ0v) is 14.0. The summed E-state index contributed by atoms with van der Waals surface area (Å²) in [4.78, 5) is 8.58. The predicted octanol–water partition coefficient (Wildman–Crippen LogP) is 5.92. The lowest BCUT2D eigenvalue weighted by Gasteiger charge is -2.09. The molecule has 0 saturated carbocycles. The van der Waals surface area contributed by atoms with Gasteiger partial charge in [0.25, 0.3) is 0 Å². The van der Waals surface area contributed by atoms with Crippen LogP contribution in [0.3, 0.4) is 0 Å². The van der Waals surface area contributed by atoms with E-state index in [1.807, 2.05) is 18.2 Å². The Bertz CT molecular complexity index is 822. The maximum atomic E-state index is 6.00. The molecule has 3 aromatic rings. The zero-order valence-electron chi connectivity index (χ0n) is 11.7. The van der Waals surface area contributed by atoms with Crippen molar-refractivity contribution in [3.63, 3.8) is 0 Å². The molecule has 23 heavy (non-hydrogen) atoms. The minimum absolute atomic E-state index is 0.470. The summed E-state index contributed by atoms with van der Waals surface area (Å²) in [5.41, 5.74) is 1.64. The van der Waals surface area contributed by atoms with Crippen molar-refractivity contribution < 1.29 is 0 Å². The van der Waals surface area contributed by atoms with E-state index in [9.17, 15) is 0 Å². The molecule has 7 heteroatoms. The Hall–Kier alpha value is -2.01. The van der Waals surface area contributed by atoms with Crippen LogP contribution >= 0.6 is 34.8 Å². The highest BCUT2D eigenvalue weighted by atomic mass is 35.5. The lowest BCUT2D eigenvalue weighted by molar-refractivity contribution is 1.17. The van der Waals surface area contributed by atoms with Gasteiger partial charge < -0.3 is 10.6 Å². The fourth-order valence-corrected chi connectivity index (χ4v) is 2.30. The van der Waals surface area contributed by atoms with Crippen molar-refractivity contribution in [3.8, 4) is 0 Å². The highest BCUT2D eigenvalue weighted by molar-refractivity contribution is 6.42. The second-order valence-corrected chi connectivity index (χ2v) is 5.90. The third-order valence-electron chi connectivity index (χ3n) is 2.95. The molecule has 0 bridgehead atoms. The summed E-state index contributed by atoms with van der Waals surface area (Å²) in [5, 5.41) is 7.92. The topological polar surface area (TPSA) is 49.8 Å². The summed E-state index contributed by atoms with van der Waals surface area (Å²) in [5.74, 6) is 1.10. The molecular weight excluding hydrogens is 355 g/mol. The maximum absolute atomic E-state index is 6.00. The second-order valence-electron chi connectivity index (χ2n) is 4.65. The molecule has 0 spiro atoms. The van der Waals surface area contributed by atoms with E-state index in [0.717, 1.165) is 11.4 Å². The number of rotatable bonds is 4. The number of anilines is 4. The Balaban J connectivity index is 1.76. The number of hydrogen-bond acceptors (Lipinski definition) is 4. The standard InChI is InChI=1S/C16H11Cl3N4/c17-10-1-3-11(4-2-10)22-16-20-8-7-15(23-16)21-12-5-6-13(18)14(19)9-12/h1-9H,(H2,20,21,22,23). The molecule has 4 nitrogen and oxygen atoms in total. The van der Waals surface area contributed by atoms with Crippen molar-refractivity contribution in [3.05, 3.63) is 69.8 Å². The van der Waals surface area contributed by atoms with Crippen molar-refractivity contribution in [2.45, 2.75) is 0 Å². The van der Waals surface area contributed by atoms with Gasteiger partial charge in [0.15, 0.2) is 0 Å². The third-order valence-corrected chi connectivity index (χ3v) is 3.94. The zero-order chi connectivity index (χ0) is 16.2. The minimum Gasteiger partial charge on any atom is -0.340 e. The molecule has 2 aromatic carbocycles. The van der Waals surface area contributed by atoms with Gasteiger partial charge >= 0.3 is 0 Å². The first-order valence-electron chi connectivity index (χ1n) is 6.68. The molecular formula is C16H11Cl3N4. The largest absolute Gasteiger partial charge is 0.340 e. The van der Waals surface area contributed by atoms with Crippen molar-refractivity contribution in [1.82, 2.24) is 9.97 Å². The number of nitrogens with one attached hydrogen (secondary N) is 2.